The zero-order valence-electron chi connectivity index (χ0n) is 15.0. The molecule has 0 radical (unpaired) electrons. The Morgan fingerprint density at radius 2 is 1.96 bits per heavy atom. The number of ether oxygens (including phenoxy) is 1. The SMILES string of the molecule is CC(OC(=O)CN1CCCCCC1=O)C(=O)NCCc1ccc(F)cc1. The second-order valence-electron chi connectivity index (χ2n) is 6.43. The van der Waals surface area contributed by atoms with Crippen molar-refractivity contribution in [3.63, 3.8) is 0 Å². The van der Waals surface area contributed by atoms with Crippen LogP contribution < -0.4 is 5.32 Å². The van der Waals surface area contributed by atoms with Gasteiger partial charge in [-0.25, -0.2) is 4.39 Å². The summed E-state index contributed by atoms with van der Waals surface area (Å²) in [7, 11) is 0. The maximum atomic E-state index is 12.8. The fraction of sp³-hybridized carbons (Fsp3) is 0.526. The fourth-order valence-electron chi connectivity index (χ4n) is 2.77. The number of esters is 1. The molecule has 1 atom stereocenters. The summed E-state index contributed by atoms with van der Waals surface area (Å²) in [5.74, 6) is -1.33. The van der Waals surface area contributed by atoms with E-state index in [1.54, 1.807) is 12.1 Å². The molecule has 26 heavy (non-hydrogen) atoms. The van der Waals surface area contributed by atoms with Crippen LogP contribution in [0.4, 0.5) is 4.39 Å². The lowest BCUT2D eigenvalue weighted by atomic mass is 10.1. The highest BCUT2D eigenvalue weighted by molar-refractivity contribution is 5.85. The van der Waals surface area contributed by atoms with E-state index < -0.39 is 18.0 Å². The summed E-state index contributed by atoms with van der Waals surface area (Å²) in [6, 6.07) is 6.05. The first-order valence-electron chi connectivity index (χ1n) is 8.95. The number of hydrogen-bond acceptors (Lipinski definition) is 4. The third kappa shape index (κ3) is 6.46. The number of benzene rings is 1. The lowest BCUT2D eigenvalue weighted by molar-refractivity contribution is -0.157. The minimum Gasteiger partial charge on any atom is -0.451 e. The Morgan fingerprint density at radius 1 is 1.23 bits per heavy atom. The molecule has 1 aliphatic heterocycles. The fourth-order valence-corrected chi connectivity index (χ4v) is 2.77. The minimum absolute atomic E-state index is 0.0455. The molecule has 0 bridgehead atoms. The number of nitrogens with one attached hydrogen (secondary N) is 1. The van der Waals surface area contributed by atoms with Gasteiger partial charge in [0.15, 0.2) is 6.10 Å². The Kier molecular flexibility index (Phi) is 7.56. The van der Waals surface area contributed by atoms with Crippen molar-refractivity contribution in [1.29, 1.82) is 0 Å². The van der Waals surface area contributed by atoms with Crippen LogP contribution in [0.25, 0.3) is 0 Å². The van der Waals surface area contributed by atoms with Crippen LogP contribution in [0, 0.1) is 5.82 Å². The number of rotatable bonds is 7. The standard InChI is InChI=1S/C19H25FN2O4/c1-14(19(25)21-11-10-15-6-8-16(20)9-7-15)26-18(24)13-22-12-4-2-3-5-17(22)23/h6-9,14H,2-5,10-13H2,1H3,(H,21,25). The summed E-state index contributed by atoms with van der Waals surface area (Å²) >= 11 is 0. The van der Waals surface area contributed by atoms with Gasteiger partial charge < -0.3 is 15.0 Å². The Hall–Kier alpha value is -2.44. The second kappa shape index (κ2) is 9.89. The van der Waals surface area contributed by atoms with Crippen molar-refractivity contribution < 1.29 is 23.5 Å². The number of nitrogens with zero attached hydrogens (tertiary/aromatic N) is 1. The molecule has 142 valence electrons. The highest BCUT2D eigenvalue weighted by Gasteiger charge is 2.23. The molecule has 0 saturated carbocycles. The van der Waals surface area contributed by atoms with Crippen molar-refractivity contribution in [3.8, 4) is 0 Å². The molecular weight excluding hydrogens is 339 g/mol. The molecule has 1 saturated heterocycles. The van der Waals surface area contributed by atoms with E-state index in [1.807, 2.05) is 0 Å². The number of likely N-dealkylation sites (tertiary alicyclic amines) is 1. The van der Waals surface area contributed by atoms with Gasteiger partial charge in [-0.3, -0.25) is 14.4 Å². The van der Waals surface area contributed by atoms with Gasteiger partial charge in [0.2, 0.25) is 5.91 Å². The zero-order valence-corrected chi connectivity index (χ0v) is 15.0. The Labute approximate surface area is 152 Å². The average Bonchev–Trinajstić information content (AvgIpc) is 2.81. The van der Waals surface area contributed by atoms with Gasteiger partial charge in [0.05, 0.1) is 0 Å². The summed E-state index contributed by atoms with van der Waals surface area (Å²) < 4.78 is 18.0. The van der Waals surface area contributed by atoms with E-state index in [1.165, 1.54) is 24.0 Å². The highest BCUT2D eigenvalue weighted by atomic mass is 19.1. The zero-order chi connectivity index (χ0) is 18.9. The molecule has 1 aromatic carbocycles. The second-order valence-corrected chi connectivity index (χ2v) is 6.43. The van der Waals surface area contributed by atoms with Gasteiger partial charge in [-0.2, -0.15) is 0 Å². The van der Waals surface area contributed by atoms with E-state index >= 15 is 0 Å². The topological polar surface area (TPSA) is 75.7 Å². The minimum atomic E-state index is -0.933. The van der Waals surface area contributed by atoms with Crippen molar-refractivity contribution in [3.05, 3.63) is 35.6 Å². The molecule has 0 aromatic heterocycles. The number of carbonyl (C=O) groups excluding carboxylic acids is 3. The largest absolute Gasteiger partial charge is 0.451 e. The summed E-state index contributed by atoms with van der Waals surface area (Å²) in [6.45, 7) is 2.28. The third-order valence-corrected chi connectivity index (χ3v) is 4.29. The Bertz CT molecular complexity index is 633. The van der Waals surface area contributed by atoms with Crippen LogP contribution in [0.5, 0.6) is 0 Å². The van der Waals surface area contributed by atoms with Crippen LogP contribution in [0.3, 0.4) is 0 Å². The van der Waals surface area contributed by atoms with Crippen molar-refractivity contribution in [1.82, 2.24) is 10.2 Å². The van der Waals surface area contributed by atoms with Gasteiger partial charge >= 0.3 is 5.97 Å². The molecule has 6 nitrogen and oxygen atoms in total. The van der Waals surface area contributed by atoms with E-state index in [0.29, 0.717) is 25.9 Å². The maximum absolute atomic E-state index is 12.8. The van der Waals surface area contributed by atoms with Crippen molar-refractivity contribution in [2.24, 2.45) is 0 Å². The number of carbonyl (C=O) groups is 3. The summed E-state index contributed by atoms with van der Waals surface area (Å²) in [6.07, 6.45) is 2.76. The predicted molar refractivity (Wildman–Crippen MR) is 93.7 cm³/mol. The van der Waals surface area contributed by atoms with E-state index in [9.17, 15) is 18.8 Å². The predicted octanol–water partition coefficient (Wildman–Crippen LogP) is 1.82. The lowest BCUT2D eigenvalue weighted by Crippen LogP contribution is -2.41. The van der Waals surface area contributed by atoms with Gasteiger partial charge in [-0.05, 0) is 43.9 Å². The molecule has 0 spiro atoms. The van der Waals surface area contributed by atoms with Gasteiger partial charge in [0, 0.05) is 19.5 Å². The molecule has 1 unspecified atom stereocenters. The van der Waals surface area contributed by atoms with E-state index in [2.05, 4.69) is 5.32 Å². The van der Waals surface area contributed by atoms with Crippen molar-refractivity contribution in [2.75, 3.05) is 19.6 Å². The van der Waals surface area contributed by atoms with Crippen LogP contribution in [0.2, 0.25) is 0 Å². The molecule has 1 fully saturated rings. The first kappa shape index (κ1) is 19.9. The molecule has 1 aromatic rings. The van der Waals surface area contributed by atoms with Gasteiger partial charge in [0.1, 0.15) is 12.4 Å². The first-order valence-corrected chi connectivity index (χ1v) is 8.95. The smallest absolute Gasteiger partial charge is 0.326 e. The molecule has 0 aliphatic carbocycles. The van der Waals surface area contributed by atoms with Gasteiger partial charge in [0.25, 0.3) is 5.91 Å². The molecule has 2 amide bonds. The first-order chi connectivity index (χ1) is 12.5. The third-order valence-electron chi connectivity index (χ3n) is 4.29. The van der Waals surface area contributed by atoms with Crippen LogP contribution in [-0.2, 0) is 25.5 Å². The lowest BCUT2D eigenvalue weighted by Gasteiger charge is -2.20. The van der Waals surface area contributed by atoms with E-state index in [0.717, 1.165) is 24.8 Å². The normalized spacial score (nSPS) is 15.9. The van der Waals surface area contributed by atoms with Crippen LogP contribution in [0.1, 0.15) is 38.2 Å². The number of hydrogen-bond donors (Lipinski definition) is 1. The van der Waals surface area contributed by atoms with Crippen LogP contribution in [0.15, 0.2) is 24.3 Å². The maximum Gasteiger partial charge on any atom is 0.326 e. The van der Waals surface area contributed by atoms with E-state index in [-0.39, 0.29) is 18.3 Å². The molecule has 1 aliphatic rings. The molecule has 7 heteroatoms. The average molecular weight is 364 g/mol. The highest BCUT2D eigenvalue weighted by Crippen LogP contribution is 2.11. The van der Waals surface area contributed by atoms with E-state index in [4.69, 9.17) is 4.74 Å². The molecular formula is C19H25FN2O4. The summed E-state index contributed by atoms with van der Waals surface area (Å²) in [5.41, 5.74) is 0.899. The van der Waals surface area contributed by atoms with Gasteiger partial charge in [-0.1, -0.05) is 18.6 Å². The van der Waals surface area contributed by atoms with Crippen LogP contribution >= 0.6 is 0 Å². The molecule has 1 N–H and O–H groups in total. The number of amides is 2. The Balaban J connectivity index is 1.70. The van der Waals surface area contributed by atoms with Crippen LogP contribution in [-0.4, -0.2) is 48.4 Å². The molecule has 2 rings (SSSR count). The monoisotopic (exact) mass is 364 g/mol. The molecule has 1 heterocycles. The Morgan fingerprint density at radius 3 is 2.69 bits per heavy atom. The van der Waals surface area contributed by atoms with Gasteiger partial charge in [-0.15, -0.1) is 0 Å². The number of halogens is 1. The summed E-state index contributed by atoms with van der Waals surface area (Å²) in [4.78, 5) is 37.4. The van der Waals surface area contributed by atoms with Crippen molar-refractivity contribution in [2.45, 2.75) is 45.1 Å². The van der Waals surface area contributed by atoms with Crippen molar-refractivity contribution >= 4 is 17.8 Å². The summed E-state index contributed by atoms with van der Waals surface area (Å²) in [5, 5.41) is 2.68. The quantitative estimate of drug-likeness (QED) is 0.749.